The summed E-state index contributed by atoms with van der Waals surface area (Å²) < 4.78 is 2.18. The summed E-state index contributed by atoms with van der Waals surface area (Å²) in [6.45, 7) is 6.85. The number of nitrogens with zero attached hydrogens (tertiary/aromatic N) is 3. The third-order valence-electron chi connectivity index (χ3n) is 4.23. The van der Waals surface area contributed by atoms with Crippen LogP contribution in [0.4, 0.5) is 0 Å². The standard InChI is InChI=1S/C16H21N3O/c1-12-3-5-14(6-4-12)16(20)13(2)19-10-9-18-8-7-17-15(18)11-19/h3-8,13,16,20H,9-11H2,1-2H3. The minimum atomic E-state index is -0.461. The Hall–Kier alpha value is -1.65. The normalized spacial score (nSPS) is 18.6. The summed E-state index contributed by atoms with van der Waals surface area (Å²) in [4.78, 5) is 6.67. The highest BCUT2D eigenvalue weighted by Crippen LogP contribution is 2.24. The third kappa shape index (κ3) is 2.49. The van der Waals surface area contributed by atoms with Crippen LogP contribution in [-0.2, 0) is 13.1 Å². The largest absolute Gasteiger partial charge is 0.387 e. The molecule has 0 amide bonds. The minimum absolute atomic E-state index is 0.0863. The van der Waals surface area contributed by atoms with Gasteiger partial charge in [-0.1, -0.05) is 29.8 Å². The molecule has 1 aliphatic heterocycles. The van der Waals surface area contributed by atoms with Gasteiger partial charge < -0.3 is 9.67 Å². The Morgan fingerprint density at radius 2 is 1.95 bits per heavy atom. The minimum Gasteiger partial charge on any atom is -0.387 e. The average molecular weight is 271 g/mol. The molecule has 0 saturated carbocycles. The van der Waals surface area contributed by atoms with Crippen molar-refractivity contribution < 1.29 is 5.11 Å². The van der Waals surface area contributed by atoms with Gasteiger partial charge >= 0.3 is 0 Å². The van der Waals surface area contributed by atoms with Gasteiger partial charge in [0.2, 0.25) is 0 Å². The molecule has 1 N–H and O–H groups in total. The molecule has 0 aliphatic carbocycles. The van der Waals surface area contributed by atoms with Crippen molar-refractivity contribution in [3.63, 3.8) is 0 Å². The lowest BCUT2D eigenvalue weighted by molar-refractivity contribution is 0.0416. The van der Waals surface area contributed by atoms with Gasteiger partial charge in [0.15, 0.2) is 0 Å². The molecule has 1 aromatic carbocycles. The Morgan fingerprint density at radius 1 is 1.20 bits per heavy atom. The molecule has 4 nitrogen and oxygen atoms in total. The van der Waals surface area contributed by atoms with Gasteiger partial charge in [-0.2, -0.15) is 0 Å². The Labute approximate surface area is 119 Å². The lowest BCUT2D eigenvalue weighted by atomic mass is 10.0. The monoisotopic (exact) mass is 271 g/mol. The number of hydrogen-bond donors (Lipinski definition) is 1. The molecule has 1 aromatic heterocycles. The average Bonchev–Trinajstić information content (AvgIpc) is 2.94. The number of aryl methyl sites for hydroxylation is 1. The first-order valence-electron chi connectivity index (χ1n) is 7.14. The van der Waals surface area contributed by atoms with Gasteiger partial charge in [0.1, 0.15) is 5.82 Å². The molecule has 2 aromatic rings. The summed E-state index contributed by atoms with van der Waals surface area (Å²) >= 11 is 0. The molecule has 0 radical (unpaired) electrons. The van der Waals surface area contributed by atoms with Crippen LogP contribution < -0.4 is 0 Å². The fourth-order valence-corrected chi connectivity index (χ4v) is 2.78. The van der Waals surface area contributed by atoms with Crippen molar-refractivity contribution in [3.05, 3.63) is 53.6 Å². The van der Waals surface area contributed by atoms with E-state index in [-0.39, 0.29) is 6.04 Å². The van der Waals surface area contributed by atoms with Gasteiger partial charge in [-0.3, -0.25) is 4.90 Å². The molecule has 2 heterocycles. The van der Waals surface area contributed by atoms with Crippen molar-refractivity contribution in [2.45, 2.75) is 39.1 Å². The molecular formula is C16H21N3O. The van der Waals surface area contributed by atoms with Gasteiger partial charge in [-0.05, 0) is 19.4 Å². The van der Waals surface area contributed by atoms with Crippen LogP contribution in [0.15, 0.2) is 36.7 Å². The van der Waals surface area contributed by atoms with E-state index in [9.17, 15) is 5.11 Å². The molecule has 1 aliphatic rings. The first kappa shape index (κ1) is 13.3. The lowest BCUT2D eigenvalue weighted by Crippen LogP contribution is -2.42. The Bertz CT molecular complexity index is 576. The molecule has 3 rings (SSSR count). The van der Waals surface area contributed by atoms with E-state index in [0.717, 1.165) is 31.0 Å². The van der Waals surface area contributed by atoms with Gasteiger partial charge in [0.05, 0.1) is 12.6 Å². The highest BCUT2D eigenvalue weighted by molar-refractivity contribution is 5.24. The summed E-state index contributed by atoms with van der Waals surface area (Å²) in [5, 5.41) is 10.6. The SMILES string of the molecule is Cc1ccc(C(O)C(C)N2CCn3ccnc3C2)cc1. The molecule has 0 fully saturated rings. The summed E-state index contributed by atoms with van der Waals surface area (Å²) in [7, 11) is 0. The molecule has 20 heavy (non-hydrogen) atoms. The first-order valence-corrected chi connectivity index (χ1v) is 7.14. The first-order chi connectivity index (χ1) is 9.65. The second kappa shape index (κ2) is 5.38. The quantitative estimate of drug-likeness (QED) is 0.930. The zero-order valence-corrected chi connectivity index (χ0v) is 12.0. The molecule has 106 valence electrons. The predicted octanol–water partition coefficient (Wildman–Crippen LogP) is 2.13. The zero-order valence-electron chi connectivity index (χ0n) is 12.0. The molecule has 2 unspecified atom stereocenters. The smallest absolute Gasteiger partial charge is 0.122 e. The maximum atomic E-state index is 10.6. The predicted molar refractivity (Wildman–Crippen MR) is 78.2 cm³/mol. The molecular weight excluding hydrogens is 250 g/mol. The van der Waals surface area contributed by atoms with Crippen LogP contribution in [0.3, 0.4) is 0 Å². The highest BCUT2D eigenvalue weighted by Gasteiger charge is 2.26. The van der Waals surface area contributed by atoms with Gasteiger partial charge in [0.25, 0.3) is 0 Å². The number of aromatic nitrogens is 2. The van der Waals surface area contributed by atoms with Crippen molar-refractivity contribution in [1.82, 2.24) is 14.5 Å². The molecule has 0 spiro atoms. The maximum Gasteiger partial charge on any atom is 0.122 e. The third-order valence-corrected chi connectivity index (χ3v) is 4.23. The summed E-state index contributed by atoms with van der Waals surface area (Å²) in [5.41, 5.74) is 2.20. The summed E-state index contributed by atoms with van der Waals surface area (Å²) in [5.74, 6) is 1.08. The molecule has 0 bridgehead atoms. The van der Waals surface area contributed by atoms with Crippen LogP contribution in [0.2, 0.25) is 0 Å². The fraction of sp³-hybridized carbons (Fsp3) is 0.438. The van der Waals surface area contributed by atoms with Crippen LogP contribution in [0.25, 0.3) is 0 Å². The highest BCUT2D eigenvalue weighted by atomic mass is 16.3. The van der Waals surface area contributed by atoms with Crippen molar-refractivity contribution in [2.75, 3.05) is 6.54 Å². The van der Waals surface area contributed by atoms with Crippen molar-refractivity contribution in [1.29, 1.82) is 0 Å². The second-order valence-electron chi connectivity index (χ2n) is 5.60. The van der Waals surface area contributed by atoms with E-state index in [2.05, 4.69) is 28.3 Å². The van der Waals surface area contributed by atoms with E-state index in [1.807, 2.05) is 36.7 Å². The Kier molecular flexibility index (Phi) is 3.59. The van der Waals surface area contributed by atoms with E-state index >= 15 is 0 Å². The van der Waals surface area contributed by atoms with Crippen LogP contribution >= 0.6 is 0 Å². The van der Waals surface area contributed by atoms with E-state index in [1.165, 1.54) is 5.56 Å². The number of hydrogen-bond acceptors (Lipinski definition) is 3. The number of aliphatic hydroxyl groups is 1. The summed E-state index contributed by atoms with van der Waals surface area (Å²) in [6.07, 6.45) is 3.41. The van der Waals surface area contributed by atoms with E-state index in [0.29, 0.717) is 0 Å². The number of aliphatic hydroxyl groups excluding tert-OH is 1. The Balaban J connectivity index is 1.73. The van der Waals surface area contributed by atoms with Crippen molar-refractivity contribution >= 4 is 0 Å². The van der Waals surface area contributed by atoms with E-state index in [1.54, 1.807) is 0 Å². The maximum absolute atomic E-state index is 10.6. The fourth-order valence-electron chi connectivity index (χ4n) is 2.78. The van der Waals surface area contributed by atoms with Crippen LogP contribution in [0.1, 0.15) is 30.0 Å². The second-order valence-corrected chi connectivity index (χ2v) is 5.60. The molecule has 2 atom stereocenters. The van der Waals surface area contributed by atoms with Gasteiger partial charge in [-0.25, -0.2) is 4.98 Å². The summed E-state index contributed by atoms with van der Waals surface area (Å²) in [6, 6.07) is 8.22. The van der Waals surface area contributed by atoms with Gasteiger partial charge in [0, 0.05) is 31.5 Å². The van der Waals surface area contributed by atoms with E-state index in [4.69, 9.17) is 0 Å². The zero-order chi connectivity index (χ0) is 14.1. The number of rotatable bonds is 3. The molecule has 4 heteroatoms. The number of fused-ring (bicyclic) bond motifs is 1. The Morgan fingerprint density at radius 3 is 2.70 bits per heavy atom. The topological polar surface area (TPSA) is 41.3 Å². The lowest BCUT2D eigenvalue weighted by Gasteiger charge is -2.35. The van der Waals surface area contributed by atoms with Crippen molar-refractivity contribution in [2.24, 2.45) is 0 Å². The van der Waals surface area contributed by atoms with Crippen LogP contribution in [-0.4, -0.2) is 32.1 Å². The number of benzene rings is 1. The number of imidazole rings is 1. The van der Waals surface area contributed by atoms with Gasteiger partial charge in [-0.15, -0.1) is 0 Å². The van der Waals surface area contributed by atoms with Crippen LogP contribution in [0, 0.1) is 6.92 Å². The van der Waals surface area contributed by atoms with Crippen LogP contribution in [0.5, 0.6) is 0 Å². The molecule has 0 saturated heterocycles. The van der Waals surface area contributed by atoms with E-state index < -0.39 is 6.10 Å². The van der Waals surface area contributed by atoms with Crippen molar-refractivity contribution in [3.8, 4) is 0 Å².